The summed E-state index contributed by atoms with van der Waals surface area (Å²) in [6, 6.07) is 7.35. The maximum Gasteiger partial charge on any atom is 0.251 e. The maximum atomic E-state index is 13.0. The fraction of sp³-hybridized carbons (Fsp3) is 0.294. The molecule has 3 aromatic rings. The van der Waals surface area contributed by atoms with Gasteiger partial charge >= 0.3 is 0 Å². The highest BCUT2D eigenvalue weighted by Crippen LogP contribution is 2.33. The predicted octanol–water partition coefficient (Wildman–Crippen LogP) is 3.76. The number of nitrogens with zero attached hydrogens (tertiary/aromatic N) is 3. The Kier molecular flexibility index (Phi) is 5.28. The van der Waals surface area contributed by atoms with Crippen LogP contribution in [0.5, 0.6) is 0 Å². The summed E-state index contributed by atoms with van der Waals surface area (Å²) in [4.78, 5) is 18.9. The fourth-order valence-electron chi connectivity index (χ4n) is 2.25. The van der Waals surface area contributed by atoms with Gasteiger partial charge < -0.3 is 9.40 Å². The first-order valence-corrected chi connectivity index (χ1v) is 8.79. The molecule has 0 unspecified atom stereocenters. The third kappa shape index (κ3) is 4.33. The van der Waals surface area contributed by atoms with Gasteiger partial charge in [-0.3, -0.25) is 4.79 Å². The number of halogens is 1. The topological polar surface area (TPSA) is 84.7 Å². The number of rotatable bonds is 6. The van der Waals surface area contributed by atoms with Crippen LogP contribution in [0.4, 0.5) is 4.39 Å². The van der Waals surface area contributed by atoms with E-state index in [0.29, 0.717) is 22.5 Å². The van der Waals surface area contributed by atoms with E-state index in [1.54, 1.807) is 12.1 Å². The van der Waals surface area contributed by atoms with E-state index in [9.17, 15) is 9.18 Å². The Morgan fingerprint density at radius 3 is 2.76 bits per heavy atom. The molecule has 25 heavy (non-hydrogen) atoms. The standard InChI is InChI=1S/C17H17FN4O2S/c1-3-4-13-9-14(23)20-17(19-13)25-10(2)15-21-22-16(24-15)11-5-7-12(18)8-6-11/h5-10H,3-4H2,1-2H3,(H,19,20,23)/t10-/m1/s1. The van der Waals surface area contributed by atoms with Gasteiger partial charge in [-0.1, -0.05) is 25.1 Å². The van der Waals surface area contributed by atoms with Gasteiger partial charge in [0, 0.05) is 17.3 Å². The van der Waals surface area contributed by atoms with Crippen molar-refractivity contribution in [1.82, 2.24) is 20.2 Å². The van der Waals surface area contributed by atoms with Gasteiger partial charge in [0.1, 0.15) is 5.82 Å². The quantitative estimate of drug-likeness (QED) is 0.532. The summed E-state index contributed by atoms with van der Waals surface area (Å²) in [5, 5.41) is 8.37. The summed E-state index contributed by atoms with van der Waals surface area (Å²) in [5.74, 6) is 0.408. The first-order valence-electron chi connectivity index (χ1n) is 7.91. The minimum atomic E-state index is -0.325. The van der Waals surface area contributed by atoms with E-state index in [-0.39, 0.29) is 16.6 Å². The number of aromatic nitrogens is 4. The fourth-order valence-corrected chi connectivity index (χ4v) is 3.11. The van der Waals surface area contributed by atoms with Crippen molar-refractivity contribution in [1.29, 1.82) is 0 Å². The zero-order valence-corrected chi connectivity index (χ0v) is 14.6. The first-order chi connectivity index (χ1) is 12.0. The average Bonchev–Trinajstić information content (AvgIpc) is 3.05. The highest BCUT2D eigenvalue weighted by atomic mass is 32.2. The van der Waals surface area contributed by atoms with Crippen LogP contribution < -0.4 is 5.56 Å². The van der Waals surface area contributed by atoms with Crippen molar-refractivity contribution in [2.24, 2.45) is 0 Å². The van der Waals surface area contributed by atoms with Gasteiger partial charge in [-0.05, 0) is 37.6 Å². The lowest BCUT2D eigenvalue weighted by molar-refractivity contribution is 0.508. The van der Waals surface area contributed by atoms with E-state index >= 15 is 0 Å². The zero-order valence-electron chi connectivity index (χ0n) is 13.8. The molecule has 0 fully saturated rings. The van der Waals surface area contributed by atoms with Gasteiger partial charge in [0.2, 0.25) is 11.8 Å². The Labute approximate surface area is 147 Å². The van der Waals surface area contributed by atoms with Crippen molar-refractivity contribution < 1.29 is 8.81 Å². The Balaban J connectivity index is 1.77. The number of nitrogens with one attached hydrogen (secondary N) is 1. The number of thioether (sulfide) groups is 1. The van der Waals surface area contributed by atoms with Crippen LogP contribution in [-0.2, 0) is 6.42 Å². The minimum Gasteiger partial charge on any atom is -0.419 e. The molecule has 2 heterocycles. The second-order valence-electron chi connectivity index (χ2n) is 5.50. The van der Waals surface area contributed by atoms with Crippen LogP contribution >= 0.6 is 11.8 Å². The van der Waals surface area contributed by atoms with Crippen LogP contribution in [0.1, 0.15) is 37.1 Å². The molecular weight excluding hydrogens is 343 g/mol. The van der Waals surface area contributed by atoms with E-state index in [2.05, 4.69) is 20.2 Å². The molecule has 0 amide bonds. The van der Waals surface area contributed by atoms with Crippen LogP contribution in [0.15, 0.2) is 44.7 Å². The molecular formula is C17H17FN4O2S. The molecule has 0 aliphatic rings. The number of aromatic amines is 1. The van der Waals surface area contributed by atoms with Gasteiger partial charge in [-0.2, -0.15) is 0 Å². The van der Waals surface area contributed by atoms with E-state index in [4.69, 9.17) is 4.42 Å². The second-order valence-corrected chi connectivity index (χ2v) is 6.83. The maximum absolute atomic E-state index is 13.0. The minimum absolute atomic E-state index is 0.175. The molecule has 0 aliphatic heterocycles. The van der Waals surface area contributed by atoms with Crippen molar-refractivity contribution in [3.05, 3.63) is 58.1 Å². The van der Waals surface area contributed by atoms with Crippen LogP contribution in [0, 0.1) is 5.82 Å². The number of aryl methyl sites for hydroxylation is 1. The van der Waals surface area contributed by atoms with Gasteiger partial charge in [0.15, 0.2) is 5.16 Å². The Morgan fingerprint density at radius 1 is 1.28 bits per heavy atom. The van der Waals surface area contributed by atoms with Gasteiger partial charge in [0.25, 0.3) is 5.56 Å². The lowest BCUT2D eigenvalue weighted by Gasteiger charge is -2.07. The Morgan fingerprint density at radius 2 is 2.04 bits per heavy atom. The highest BCUT2D eigenvalue weighted by Gasteiger charge is 2.18. The largest absolute Gasteiger partial charge is 0.419 e. The molecule has 0 saturated carbocycles. The monoisotopic (exact) mass is 360 g/mol. The predicted molar refractivity (Wildman–Crippen MR) is 92.8 cm³/mol. The molecule has 130 valence electrons. The van der Waals surface area contributed by atoms with E-state index in [0.717, 1.165) is 18.5 Å². The molecule has 8 heteroatoms. The summed E-state index contributed by atoms with van der Waals surface area (Å²) in [6.45, 7) is 3.92. The number of benzene rings is 1. The summed E-state index contributed by atoms with van der Waals surface area (Å²) >= 11 is 1.34. The zero-order chi connectivity index (χ0) is 17.8. The van der Waals surface area contributed by atoms with Gasteiger partial charge in [-0.15, -0.1) is 10.2 Å². The van der Waals surface area contributed by atoms with Gasteiger partial charge in [-0.25, -0.2) is 9.37 Å². The third-order valence-corrected chi connectivity index (χ3v) is 4.42. The normalized spacial score (nSPS) is 12.3. The van der Waals surface area contributed by atoms with Crippen LogP contribution in [0.3, 0.4) is 0 Å². The van der Waals surface area contributed by atoms with Crippen molar-refractivity contribution in [3.8, 4) is 11.5 Å². The number of hydrogen-bond donors (Lipinski definition) is 1. The Bertz CT molecular complexity index is 908. The van der Waals surface area contributed by atoms with Crippen molar-refractivity contribution in [2.75, 3.05) is 0 Å². The van der Waals surface area contributed by atoms with E-state index < -0.39 is 0 Å². The van der Waals surface area contributed by atoms with E-state index in [1.807, 2.05) is 13.8 Å². The molecule has 0 aliphatic carbocycles. The van der Waals surface area contributed by atoms with E-state index in [1.165, 1.54) is 30.0 Å². The molecule has 1 atom stereocenters. The smallest absolute Gasteiger partial charge is 0.251 e. The molecule has 0 radical (unpaired) electrons. The SMILES string of the molecule is CCCc1cc(=O)[nH]c(S[C@H](C)c2nnc(-c3ccc(F)cc3)o2)n1. The highest BCUT2D eigenvalue weighted by molar-refractivity contribution is 7.99. The third-order valence-electron chi connectivity index (χ3n) is 3.45. The summed E-state index contributed by atoms with van der Waals surface area (Å²) in [6.07, 6.45) is 1.67. The summed E-state index contributed by atoms with van der Waals surface area (Å²) in [5.41, 5.74) is 1.23. The van der Waals surface area contributed by atoms with Crippen molar-refractivity contribution in [3.63, 3.8) is 0 Å². The summed E-state index contributed by atoms with van der Waals surface area (Å²) < 4.78 is 18.7. The number of H-pyrrole nitrogens is 1. The van der Waals surface area contributed by atoms with Crippen LogP contribution in [-0.4, -0.2) is 20.2 Å². The first kappa shape index (κ1) is 17.3. The molecule has 0 bridgehead atoms. The molecule has 3 rings (SSSR count). The van der Waals surface area contributed by atoms with Gasteiger partial charge in [0.05, 0.1) is 5.25 Å². The van der Waals surface area contributed by atoms with Crippen molar-refractivity contribution in [2.45, 2.75) is 37.1 Å². The average molecular weight is 360 g/mol. The van der Waals surface area contributed by atoms with Crippen molar-refractivity contribution >= 4 is 11.8 Å². The lowest BCUT2D eigenvalue weighted by Crippen LogP contribution is -2.10. The molecule has 0 spiro atoms. The van der Waals surface area contributed by atoms with Crippen LogP contribution in [0.2, 0.25) is 0 Å². The van der Waals surface area contributed by atoms with Crippen LogP contribution in [0.25, 0.3) is 11.5 Å². The summed E-state index contributed by atoms with van der Waals surface area (Å²) in [7, 11) is 0. The molecule has 1 N–H and O–H groups in total. The molecule has 6 nitrogen and oxygen atoms in total. The number of hydrogen-bond acceptors (Lipinski definition) is 6. The molecule has 2 aromatic heterocycles. The molecule has 1 aromatic carbocycles. The Hall–Kier alpha value is -2.48. The second kappa shape index (κ2) is 7.60. The molecule has 0 saturated heterocycles. The lowest BCUT2D eigenvalue weighted by atomic mass is 10.2.